The summed E-state index contributed by atoms with van der Waals surface area (Å²) in [5.74, 6) is 0.270. The van der Waals surface area contributed by atoms with Gasteiger partial charge in [0, 0.05) is 44.8 Å². The Morgan fingerprint density at radius 3 is 2.66 bits per heavy atom. The molecule has 29 heavy (non-hydrogen) atoms. The monoisotopic (exact) mass is 399 g/mol. The highest BCUT2D eigenvalue weighted by atomic mass is 16.3. The summed E-state index contributed by atoms with van der Waals surface area (Å²) in [7, 11) is 0. The molecule has 1 atom stereocenters. The highest BCUT2D eigenvalue weighted by molar-refractivity contribution is 5.92. The van der Waals surface area contributed by atoms with Crippen molar-refractivity contribution >= 4 is 17.5 Å². The Morgan fingerprint density at radius 1 is 1.14 bits per heavy atom. The number of aliphatic hydroxyl groups is 1. The third kappa shape index (κ3) is 4.48. The average Bonchev–Trinajstić information content (AvgIpc) is 2.73. The van der Waals surface area contributed by atoms with E-state index in [1.54, 1.807) is 6.92 Å². The molecule has 2 amide bonds. The lowest BCUT2D eigenvalue weighted by atomic mass is 9.93. The molecule has 0 radical (unpaired) electrons. The standard InChI is InChI=1S/C23H33N3O3/c1-17(27)25-11-5-6-18-14-19(9-10-21(18)25)22(28)15-24-12-13-26(23(29)16-24)20-7-3-2-4-8-20/h9-10,14,20,22,28H,2-8,11-13,15-16H2,1H3/t22-/m0/s1. The third-order valence-electron chi connectivity index (χ3n) is 6.77. The number of hydrogen-bond donors (Lipinski definition) is 1. The molecule has 4 rings (SSSR count). The van der Waals surface area contributed by atoms with Crippen LogP contribution >= 0.6 is 0 Å². The van der Waals surface area contributed by atoms with Gasteiger partial charge in [-0.3, -0.25) is 14.5 Å². The van der Waals surface area contributed by atoms with Gasteiger partial charge in [-0.25, -0.2) is 0 Å². The Bertz CT molecular complexity index is 760. The number of benzene rings is 1. The van der Waals surface area contributed by atoms with Crippen molar-refractivity contribution in [2.45, 2.75) is 64.0 Å². The number of carbonyl (C=O) groups is 2. The van der Waals surface area contributed by atoms with Crippen molar-refractivity contribution in [1.29, 1.82) is 0 Å². The second-order valence-electron chi connectivity index (χ2n) is 8.79. The maximum absolute atomic E-state index is 12.7. The summed E-state index contributed by atoms with van der Waals surface area (Å²) in [6.07, 6.45) is 7.29. The lowest BCUT2D eigenvalue weighted by Crippen LogP contribution is -2.54. The predicted octanol–water partition coefficient (Wildman–Crippen LogP) is 2.50. The van der Waals surface area contributed by atoms with Crippen LogP contribution in [0.2, 0.25) is 0 Å². The first kappa shape index (κ1) is 20.4. The number of aliphatic hydroxyl groups excluding tert-OH is 1. The molecule has 1 saturated carbocycles. The Kier molecular flexibility index (Phi) is 6.20. The molecule has 3 aliphatic rings. The summed E-state index contributed by atoms with van der Waals surface area (Å²) in [5, 5.41) is 10.8. The number of amides is 2. The molecule has 1 saturated heterocycles. The number of rotatable bonds is 4. The first-order valence-corrected chi connectivity index (χ1v) is 11.1. The van der Waals surface area contributed by atoms with Gasteiger partial charge in [0.15, 0.2) is 0 Å². The molecule has 1 N–H and O–H groups in total. The number of nitrogens with zero attached hydrogens (tertiary/aromatic N) is 3. The molecule has 0 aromatic heterocycles. The highest BCUT2D eigenvalue weighted by Crippen LogP contribution is 2.30. The second kappa shape index (κ2) is 8.84. The zero-order chi connectivity index (χ0) is 20.4. The lowest BCUT2D eigenvalue weighted by molar-refractivity contribution is -0.140. The van der Waals surface area contributed by atoms with Crippen molar-refractivity contribution in [3.63, 3.8) is 0 Å². The van der Waals surface area contributed by atoms with Gasteiger partial charge in [0.2, 0.25) is 11.8 Å². The smallest absolute Gasteiger partial charge is 0.237 e. The lowest BCUT2D eigenvalue weighted by Gasteiger charge is -2.41. The molecular weight excluding hydrogens is 366 g/mol. The van der Waals surface area contributed by atoms with Crippen molar-refractivity contribution in [2.75, 3.05) is 37.6 Å². The fraction of sp³-hybridized carbons (Fsp3) is 0.652. The molecular formula is C23H33N3O3. The number of anilines is 1. The van der Waals surface area contributed by atoms with Crippen LogP contribution in [0.25, 0.3) is 0 Å². The molecule has 6 nitrogen and oxygen atoms in total. The molecule has 1 aliphatic carbocycles. The van der Waals surface area contributed by atoms with Crippen LogP contribution in [0, 0.1) is 0 Å². The van der Waals surface area contributed by atoms with Gasteiger partial charge >= 0.3 is 0 Å². The van der Waals surface area contributed by atoms with Crippen LogP contribution in [0.5, 0.6) is 0 Å². The average molecular weight is 400 g/mol. The SMILES string of the molecule is CC(=O)N1CCCc2cc([C@@H](O)CN3CCN(C4CCCCC4)C(=O)C3)ccc21. The van der Waals surface area contributed by atoms with Crippen LogP contribution in [0.4, 0.5) is 5.69 Å². The van der Waals surface area contributed by atoms with Gasteiger partial charge in [0.05, 0.1) is 12.6 Å². The minimum Gasteiger partial charge on any atom is -0.387 e. The zero-order valence-corrected chi connectivity index (χ0v) is 17.5. The molecule has 6 heteroatoms. The van der Waals surface area contributed by atoms with Crippen molar-refractivity contribution in [3.05, 3.63) is 29.3 Å². The number of aryl methyl sites for hydroxylation is 1. The van der Waals surface area contributed by atoms with Gasteiger partial charge in [-0.1, -0.05) is 31.4 Å². The van der Waals surface area contributed by atoms with Crippen molar-refractivity contribution in [3.8, 4) is 0 Å². The minimum absolute atomic E-state index is 0.0635. The molecule has 1 aromatic carbocycles. The van der Waals surface area contributed by atoms with E-state index >= 15 is 0 Å². The fourth-order valence-electron chi connectivity index (χ4n) is 5.17. The van der Waals surface area contributed by atoms with Crippen LogP contribution in [0.15, 0.2) is 18.2 Å². The summed E-state index contributed by atoms with van der Waals surface area (Å²) < 4.78 is 0. The predicted molar refractivity (Wildman–Crippen MR) is 113 cm³/mol. The Balaban J connectivity index is 1.37. The van der Waals surface area contributed by atoms with Crippen molar-refractivity contribution in [1.82, 2.24) is 9.80 Å². The second-order valence-corrected chi connectivity index (χ2v) is 8.79. The van der Waals surface area contributed by atoms with Crippen LogP contribution in [-0.2, 0) is 16.0 Å². The number of piperazine rings is 1. The van der Waals surface area contributed by atoms with Crippen molar-refractivity contribution in [2.24, 2.45) is 0 Å². The largest absolute Gasteiger partial charge is 0.387 e. The molecule has 158 valence electrons. The Labute approximate surface area is 173 Å². The fourth-order valence-corrected chi connectivity index (χ4v) is 5.17. The van der Waals surface area contributed by atoms with Crippen LogP contribution < -0.4 is 4.90 Å². The molecule has 2 fully saturated rings. The van der Waals surface area contributed by atoms with Gasteiger partial charge in [-0.15, -0.1) is 0 Å². The van der Waals surface area contributed by atoms with Gasteiger partial charge in [-0.2, -0.15) is 0 Å². The third-order valence-corrected chi connectivity index (χ3v) is 6.77. The Morgan fingerprint density at radius 2 is 1.93 bits per heavy atom. The number of hydrogen-bond acceptors (Lipinski definition) is 4. The quantitative estimate of drug-likeness (QED) is 0.845. The number of β-amino-alcohol motifs (C(OH)–C–C–N with tert-alkyl or cyclic N) is 1. The summed E-state index contributed by atoms with van der Waals surface area (Å²) in [6.45, 7) is 4.83. The number of carbonyl (C=O) groups excluding carboxylic acids is 2. The van der Waals surface area contributed by atoms with Gasteiger partial charge < -0.3 is 14.9 Å². The summed E-state index contributed by atoms with van der Waals surface area (Å²) in [4.78, 5) is 30.5. The van der Waals surface area contributed by atoms with E-state index in [-0.39, 0.29) is 11.8 Å². The van der Waals surface area contributed by atoms with E-state index in [4.69, 9.17) is 0 Å². The topological polar surface area (TPSA) is 64.1 Å². The van der Waals surface area contributed by atoms with Gasteiger partial charge in [0.1, 0.15) is 0 Å². The van der Waals surface area contributed by atoms with Crippen molar-refractivity contribution < 1.29 is 14.7 Å². The van der Waals surface area contributed by atoms with Gasteiger partial charge in [-0.05, 0) is 42.9 Å². The minimum atomic E-state index is -0.623. The molecule has 0 spiro atoms. The van der Waals surface area contributed by atoms with E-state index in [1.165, 1.54) is 19.3 Å². The molecule has 0 unspecified atom stereocenters. The summed E-state index contributed by atoms with van der Waals surface area (Å²) in [6, 6.07) is 6.34. The van der Waals surface area contributed by atoms with Crippen LogP contribution in [0.1, 0.15) is 62.7 Å². The molecule has 2 heterocycles. The highest BCUT2D eigenvalue weighted by Gasteiger charge is 2.31. The maximum Gasteiger partial charge on any atom is 0.237 e. The van der Waals surface area contributed by atoms with Crippen LogP contribution in [0.3, 0.4) is 0 Å². The summed E-state index contributed by atoms with van der Waals surface area (Å²) >= 11 is 0. The van der Waals surface area contributed by atoms with E-state index in [2.05, 4.69) is 9.80 Å². The van der Waals surface area contributed by atoms with Crippen LogP contribution in [-0.4, -0.2) is 65.5 Å². The zero-order valence-electron chi connectivity index (χ0n) is 17.5. The molecule has 1 aromatic rings. The molecule has 2 aliphatic heterocycles. The number of fused-ring (bicyclic) bond motifs is 1. The molecule has 0 bridgehead atoms. The first-order chi connectivity index (χ1) is 14.0. The van der Waals surface area contributed by atoms with E-state index in [1.807, 2.05) is 23.1 Å². The van der Waals surface area contributed by atoms with Gasteiger partial charge in [0.25, 0.3) is 0 Å². The van der Waals surface area contributed by atoms with E-state index in [9.17, 15) is 14.7 Å². The van der Waals surface area contributed by atoms with E-state index in [0.29, 0.717) is 19.1 Å². The van der Waals surface area contributed by atoms with E-state index < -0.39 is 6.10 Å². The Hall–Kier alpha value is -1.92. The maximum atomic E-state index is 12.7. The van der Waals surface area contributed by atoms with E-state index in [0.717, 1.165) is 62.1 Å². The summed E-state index contributed by atoms with van der Waals surface area (Å²) in [5.41, 5.74) is 2.97. The normalized spacial score (nSPS) is 22.5. The first-order valence-electron chi connectivity index (χ1n) is 11.1.